The number of ether oxygens (including phenoxy) is 2. The number of carboxylic acids is 2. The van der Waals surface area contributed by atoms with Crippen LogP contribution in [0.15, 0.2) is 6.07 Å². The smallest absolute Gasteiger partial charge is 0.336 e. The normalized spacial score (nSPS) is 10.6. The molecule has 0 radical (unpaired) electrons. The lowest BCUT2D eigenvalue weighted by Gasteiger charge is -2.16. The van der Waals surface area contributed by atoms with E-state index >= 15 is 0 Å². The van der Waals surface area contributed by atoms with Crippen LogP contribution in [0.5, 0.6) is 0 Å². The molecule has 0 aromatic heterocycles. The predicted octanol–water partition coefficient (Wildman–Crippen LogP) is 1.04. The van der Waals surface area contributed by atoms with E-state index in [1.165, 1.54) is 20.3 Å². The second-order valence-electron chi connectivity index (χ2n) is 4.44. The van der Waals surface area contributed by atoms with Crippen molar-refractivity contribution >= 4 is 17.6 Å². The summed E-state index contributed by atoms with van der Waals surface area (Å²) in [6, 6.07) is 1.30. The highest BCUT2D eigenvalue weighted by Crippen LogP contribution is 2.27. The first-order valence-electron chi connectivity index (χ1n) is 6.32. The third kappa shape index (κ3) is 3.93. The number of aromatic carboxylic acids is 2. The molecule has 0 aliphatic heterocycles. The Morgan fingerprint density at radius 3 is 2.00 bits per heavy atom. The third-order valence-electron chi connectivity index (χ3n) is 3.13. The zero-order chi connectivity index (χ0) is 16.0. The SMILES string of the molecule is COCCc1c(N)cc(C(=O)O)c(CCOC)c1C(=O)O. The fraction of sp³-hybridized carbons (Fsp3) is 0.429. The number of carbonyl (C=O) groups is 2. The van der Waals surface area contributed by atoms with Gasteiger partial charge in [-0.05, 0) is 30.0 Å². The first-order valence-corrected chi connectivity index (χ1v) is 6.32. The maximum Gasteiger partial charge on any atom is 0.336 e. The van der Waals surface area contributed by atoms with Crippen molar-refractivity contribution in [3.8, 4) is 0 Å². The van der Waals surface area contributed by atoms with Crippen molar-refractivity contribution in [2.24, 2.45) is 0 Å². The summed E-state index contributed by atoms with van der Waals surface area (Å²) in [6.07, 6.45) is 0.476. The molecule has 0 spiro atoms. The van der Waals surface area contributed by atoms with Gasteiger partial charge in [-0.2, -0.15) is 0 Å². The average molecular weight is 297 g/mol. The van der Waals surface area contributed by atoms with E-state index in [2.05, 4.69) is 0 Å². The molecule has 0 aliphatic rings. The summed E-state index contributed by atoms with van der Waals surface area (Å²) < 4.78 is 9.87. The van der Waals surface area contributed by atoms with Gasteiger partial charge < -0.3 is 25.4 Å². The van der Waals surface area contributed by atoms with Crippen molar-refractivity contribution in [3.05, 3.63) is 28.3 Å². The van der Waals surface area contributed by atoms with E-state index in [0.717, 1.165) is 0 Å². The zero-order valence-corrected chi connectivity index (χ0v) is 12.0. The zero-order valence-electron chi connectivity index (χ0n) is 12.0. The van der Waals surface area contributed by atoms with Crippen molar-refractivity contribution in [2.75, 3.05) is 33.2 Å². The number of rotatable bonds is 8. The summed E-state index contributed by atoms with van der Waals surface area (Å²) in [6.45, 7) is 0.509. The lowest BCUT2D eigenvalue weighted by molar-refractivity contribution is 0.0693. The molecule has 0 aliphatic carbocycles. The van der Waals surface area contributed by atoms with Crippen molar-refractivity contribution in [2.45, 2.75) is 12.8 Å². The molecular weight excluding hydrogens is 278 g/mol. The van der Waals surface area contributed by atoms with Crippen LogP contribution in [0.3, 0.4) is 0 Å². The second-order valence-corrected chi connectivity index (χ2v) is 4.44. The highest BCUT2D eigenvalue weighted by molar-refractivity contribution is 5.99. The molecule has 21 heavy (non-hydrogen) atoms. The molecule has 0 unspecified atom stereocenters. The quantitative estimate of drug-likeness (QED) is 0.613. The minimum Gasteiger partial charge on any atom is -0.478 e. The molecule has 0 amide bonds. The summed E-state index contributed by atoms with van der Waals surface area (Å²) in [5.41, 5.74) is 6.40. The number of methoxy groups -OCH3 is 2. The van der Waals surface area contributed by atoms with Gasteiger partial charge in [0, 0.05) is 19.9 Å². The van der Waals surface area contributed by atoms with Gasteiger partial charge in [-0.25, -0.2) is 9.59 Å². The van der Waals surface area contributed by atoms with Gasteiger partial charge in [0.05, 0.1) is 24.3 Å². The first kappa shape index (κ1) is 16.9. The fourth-order valence-corrected chi connectivity index (χ4v) is 2.18. The van der Waals surface area contributed by atoms with E-state index < -0.39 is 11.9 Å². The van der Waals surface area contributed by atoms with Crippen LogP contribution in [0.1, 0.15) is 31.8 Å². The monoisotopic (exact) mass is 297 g/mol. The number of hydrogen-bond acceptors (Lipinski definition) is 5. The number of nitrogens with two attached hydrogens (primary N) is 1. The van der Waals surface area contributed by atoms with E-state index in [0.29, 0.717) is 18.6 Å². The molecule has 0 fully saturated rings. The van der Waals surface area contributed by atoms with Crippen molar-refractivity contribution < 1.29 is 29.3 Å². The molecule has 0 heterocycles. The molecule has 116 valence electrons. The Hall–Kier alpha value is -2.12. The van der Waals surface area contributed by atoms with Crippen LogP contribution in [0.4, 0.5) is 5.69 Å². The molecule has 0 atom stereocenters. The van der Waals surface area contributed by atoms with Gasteiger partial charge in [0.25, 0.3) is 0 Å². The lowest BCUT2D eigenvalue weighted by Crippen LogP contribution is -2.17. The summed E-state index contributed by atoms with van der Waals surface area (Å²) >= 11 is 0. The van der Waals surface area contributed by atoms with E-state index in [-0.39, 0.29) is 35.4 Å². The van der Waals surface area contributed by atoms with Crippen molar-refractivity contribution in [1.82, 2.24) is 0 Å². The van der Waals surface area contributed by atoms with Gasteiger partial charge in [0.15, 0.2) is 0 Å². The number of carboxylic acid groups (broad SMARTS) is 2. The fourth-order valence-electron chi connectivity index (χ4n) is 2.18. The van der Waals surface area contributed by atoms with Crippen LogP contribution >= 0.6 is 0 Å². The van der Waals surface area contributed by atoms with Crippen LogP contribution in [-0.4, -0.2) is 49.6 Å². The summed E-state index contributed by atoms with van der Waals surface area (Å²) in [5.74, 6) is -2.42. The van der Waals surface area contributed by atoms with Crippen molar-refractivity contribution in [1.29, 1.82) is 0 Å². The molecule has 0 bridgehead atoms. The van der Waals surface area contributed by atoms with Crippen molar-refractivity contribution in [3.63, 3.8) is 0 Å². The van der Waals surface area contributed by atoms with Gasteiger partial charge >= 0.3 is 11.9 Å². The Morgan fingerprint density at radius 2 is 1.57 bits per heavy atom. The molecule has 0 saturated carbocycles. The molecule has 7 heteroatoms. The van der Waals surface area contributed by atoms with Crippen LogP contribution in [0, 0.1) is 0 Å². The van der Waals surface area contributed by atoms with Crippen LogP contribution < -0.4 is 5.73 Å². The molecule has 4 N–H and O–H groups in total. The Balaban J connectivity index is 3.51. The van der Waals surface area contributed by atoms with Gasteiger partial charge in [-0.3, -0.25) is 0 Å². The Kier molecular flexibility index (Phi) is 6.13. The largest absolute Gasteiger partial charge is 0.478 e. The van der Waals surface area contributed by atoms with Gasteiger partial charge in [-0.1, -0.05) is 0 Å². The van der Waals surface area contributed by atoms with E-state index in [9.17, 15) is 19.8 Å². The molecule has 1 aromatic carbocycles. The standard InChI is InChI=1S/C14H19NO6/c1-20-5-3-8-10(13(16)17)7-11(15)9(4-6-21-2)12(8)14(18)19/h7H,3-6,15H2,1-2H3,(H,16,17)(H,18,19). The molecule has 1 rings (SSSR count). The Bertz CT molecular complexity index is 541. The second kappa shape index (κ2) is 7.61. The topological polar surface area (TPSA) is 119 Å². The van der Waals surface area contributed by atoms with E-state index in [4.69, 9.17) is 15.2 Å². The summed E-state index contributed by atoms with van der Waals surface area (Å²) in [5, 5.41) is 18.7. The van der Waals surface area contributed by atoms with Crippen LogP contribution in [-0.2, 0) is 22.3 Å². The van der Waals surface area contributed by atoms with E-state index in [1.807, 2.05) is 0 Å². The number of benzene rings is 1. The Morgan fingerprint density at radius 1 is 1.05 bits per heavy atom. The number of hydrogen-bond donors (Lipinski definition) is 3. The van der Waals surface area contributed by atoms with Gasteiger partial charge in [0.2, 0.25) is 0 Å². The highest BCUT2D eigenvalue weighted by Gasteiger charge is 2.24. The highest BCUT2D eigenvalue weighted by atomic mass is 16.5. The predicted molar refractivity (Wildman–Crippen MR) is 75.9 cm³/mol. The third-order valence-corrected chi connectivity index (χ3v) is 3.13. The Labute approximate surface area is 122 Å². The average Bonchev–Trinajstić information content (AvgIpc) is 2.43. The first-order chi connectivity index (χ1) is 9.93. The minimum atomic E-state index is -1.21. The van der Waals surface area contributed by atoms with Gasteiger partial charge in [-0.15, -0.1) is 0 Å². The lowest BCUT2D eigenvalue weighted by atomic mass is 9.91. The number of anilines is 1. The minimum absolute atomic E-state index is 0.0681. The molecular formula is C14H19NO6. The van der Waals surface area contributed by atoms with Crippen LogP contribution in [0.2, 0.25) is 0 Å². The number of nitrogen functional groups attached to an aromatic ring is 1. The van der Waals surface area contributed by atoms with E-state index in [1.54, 1.807) is 0 Å². The van der Waals surface area contributed by atoms with Crippen LogP contribution in [0.25, 0.3) is 0 Å². The summed E-state index contributed by atoms with van der Waals surface area (Å²) in [4.78, 5) is 22.9. The maximum atomic E-state index is 11.6. The van der Waals surface area contributed by atoms with Gasteiger partial charge in [0.1, 0.15) is 0 Å². The maximum absolute atomic E-state index is 11.6. The molecule has 7 nitrogen and oxygen atoms in total. The molecule has 0 saturated heterocycles. The summed E-state index contributed by atoms with van der Waals surface area (Å²) in [7, 11) is 2.96. The molecule has 1 aromatic rings.